The average molecular weight is 790 g/mol. The molecule has 0 aliphatic carbocycles. The summed E-state index contributed by atoms with van der Waals surface area (Å²) in [5.74, 6) is 1.77. The molecule has 0 bridgehead atoms. The Morgan fingerprint density at radius 2 is 0.933 bits per heavy atom. The Bertz CT molecular complexity index is 3100. The third-order valence-corrected chi connectivity index (χ3v) is 11.9. The smallest absolute Gasteiger partial charge is 0.167 e. The van der Waals surface area contributed by atoms with Crippen LogP contribution in [-0.4, -0.2) is 15.0 Å². The van der Waals surface area contributed by atoms with Crippen molar-refractivity contribution in [3.63, 3.8) is 0 Å². The highest BCUT2D eigenvalue weighted by Crippen LogP contribution is 2.49. The molecule has 6 aromatic carbocycles. The van der Waals surface area contributed by atoms with Crippen molar-refractivity contribution in [2.45, 2.75) is 105 Å². The predicted molar refractivity (Wildman–Crippen MR) is 251 cm³/mol. The molecule has 0 aliphatic rings. The van der Waals surface area contributed by atoms with Gasteiger partial charge in [-0.2, -0.15) is 0 Å². The van der Waals surface area contributed by atoms with E-state index in [-0.39, 0.29) is 21.7 Å². The minimum atomic E-state index is -0.161. The van der Waals surface area contributed by atoms with Crippen LogP contribution in [-0.2, 0) is 21.7 Å². The van der Waals surface area contributed by atoms with Crippen molar-refractivity contribution in [2.24, 2.45) is 0 Å². The number of hydrogen-bond acceptors (Lipinski definition) is 5. The normalized spacial score (nSPS) is 13.0. The summed E-state index contributed by atoms with van der Waals surface area (Å²) in [7, 11) is 0. The molecule has 0 saturated heterocycles. The van der Waals surface area contributed by atoms with E-state index in [0.29, 0.717) is 17.5 Å². The lowest BCUT2D eigenvalue weighted by atomic mass is 9.74. The van der Waals surface area contributed by atoms with Crippen LogP contribution in [0, 0.1) is 0 Å². The molecule has 0 saturated carbocycles. The molecule has 0 fully saturated rings. The van der Waals surface area contributed by atoms with Crippen LogP contribution in [0.5, 0.6) is 0 Å². The molecule has 9 aromatic rings. The first-order valence-corrected chi connectivity index (χ1v) is 21.2. The lowest BCUT2D eigenvalue weighted by molar-refractivity contribution is 0.547. The summed E-state index contributed by atoms with van der Waals surface area (Å²) in [4.78, 5) is 15.3. The molecular weight excluding hydrogens is 735 g/mol. The van der Waals surface area contributed by atoms with Crippen LogP contribution in [0.4, 0.5) is 0 Å². The zero-order chi connectivity index (χ0) is 42.5. The first-order chi connectivity index (χ1) is 28.3. The third-order valence-electron chi connectivity index (χ3n) is 11.9. The van der Waals surface area contributed by atoms with Crippen LogP contribution in [0.3, 0.4) is 0 Å². The molecule has 3 heterocycles. The number of para-hydroxylation sites is 2. The highest BCUT2D eigenvalue weighted by molar-refractivity contribution is 6.16. The molecular formula is C55H55N3O2. The quantitative estimate of drug-likeness (QED) is 0.178. The average Bonchev–Trinajstić information content (AvgIpc) is 3.78. The van der Waals surface area contributed by atoms with Crippen LogP contribution >= 0.6 is 0 Å². The molecule has 3 aromatic heterocycles. The second kappa shape index (κ2) is 13.7. The van der Waals surface area contributed by atoms with Gasteiger partial charge in [-0.25, -0.2) is 15.0 Å². The summed E-state index contributed by atoms with van der Waals surface area (Å²) in [5, 5.41) is 4.45. The lowest BCUT2D eigenvalue weighted by Gasteiger charge is -2.28. The van der Waals surface area contributed by atoms with E-state index in [1.54, 1.807) is 0 Å². The molecule has 0 N–H and O–H groups in total. The van der Waals surface area contributed by atoms with E-state index in [4.69, 9.17) is 23.8 Å². The first-order valence-electron chi connectivity index (χ1n) is 21.2. The van der Waals surface area contributed by atoms with E-state index in [0.717, 1.165) is 55.4 Å². The minimum Gasteiger partial charge on any atom is -0.455 e. The van der Waals surface area contributed by atoms with E-state index >= 15 is 0 Å². The van der Waals surface area contributed by atoms with Crippen molar-refractivity contribution >= 4 is 43.9 Å². The first kappa shape index (κ1) is 39.4. The van der Waals surface area contributed by atoms with Gasteiger partial charge in [0.1, 0.15) is 22.3 Å². The number of benzene rings is 6. The highest BCUT2D eigenvalue weighted by Gasteiger charge is 2.33. The van der Waals surface area contributed by atoms with Gasteiger partial charge in [0, 0.05) is 43.8 Å². The van der Waals surface area contributed by atoms with Crippen LogP contribution in [0.1, 0.15) is 105 Å². The van der Waals surface area contributed by atoms with Gasteiger partial charge in [-0.3, -0.25) is 0 Å². The Balaban J connectivity index is 1.29. The van der Waals surface area contributed by atoms with Gasteiger partial charge in [0.15, 0.2) is 17.5 Å². The molecule has 0 atom stereocenters. The zero-order valence-corrected chi connectivity index (χ0v) is 37.1. The topological polar surface area (TPSA) is 65.0 Å². The Morgan fingerprint density at radius 1 is 0.383 bits per heavy atom. The van der Waals surface area contributed by atoms with Gasteiger partial charge in [-0.05, 0) is 62.1 Å². The van der Waals surface area contributed by atoms with Gasteiger partial charge in [-0.15, -0.1) is 0 Å². The molecule has 302 valence electrons. The van der Waals surface area contributed by atoms with E-state index in [1.165, 1.54) is 38.6 Å². The van der Waals surface area contributed by atoms with Gasteiger partial charge < -0.3 is 8.83 Å². The highest BCUT2D eigenvalue weighted by atomic mass is 16.3. The molecule has 0 aliphatic heterocycles. The summed E-state index contributed by atoms with van der Waals surface area (Å²) in [6, 6.07) is 40.4. The second-order valence-corrected chi connectivity index (χ2v) is 20.6. The van der Waals surface area contributed by atoms with Gasteiger partial charge in [0.25, 0.3) is 0 Å². The number of aromatic nitrogens is 3. The molecule has 0 amide bonds. The zero-order valence-electron chi connectivity index (χ0n) is 37.1. The fourth-order valence-corrected chi connectivity index (χ4v) is 8.54. The summed E-state index contributed by atoms with van der Waals surface area (Å²) in [6.45, 7) is 27.6. The summed E-state index contributed by atoms with van der Waals surface area (Å²) in [6.07, 6.45) is 0. The van der Waals surface area contributed by atoms with Crippen molar-refractivity contribution in [1.29, 1.82) is 0 Å². The van der Waals surface area contributed by atoms with Crippen LogP contribution in [0.2, 0.25) is 0 Å². The SMILES string of the molecule is CC(C)(C)c1cc(C(C)(C)C)c2oc3c(C(C)(C)C)cc(C(C)(C)C)c(-c4ccc(-c5nc(-c6ccccc6)nc(-c6cccc7c6oc6ccccc67)n5)cc4)c3c2c1. The van der Waals surface area contributed by atoms with Gasteiger partial charge >= 0.3 is 0 Å². The summed E-state index contributed by atoms with van der Waals surface area (Å²) in [5.41, 5.74) is 13.1. The second-order valence-electron chi connectivity index (χ2n) is 20.6. The van der Waals surface area contributed by atoms with E-state index < -0.39 is 0 Å². The fraction of sp³-hybridized carbons (Fsp3) is 0.291. The molecule has 5 heteroatoms. The van der Waals surface area contributed by atoms with E-state index in [9.17, 15) is 0 Å². The molecule has 0 unspecified atom stereocenters. The van der Waals surface area contributed by atoms with Gasteiger partial charge in [-0.1, -0.05) is 180 Å². The van der Waals surface area contributed by atoms with Crippen molar-refractivity contribution in [1.82, 2.24) is 15.0 Å². The molecule has 0 radical (unpaired) electrons. The number of hydrogen-bond donors (Lipinski definition) is 0. The maximum absolute atomic E-state index is 7.18. The largest absolute Gasteiger partial charge is 0.455 e. The molecule has 9 rings (SSSR count). The van der Waals surface area contributed by atoms with Crippen LogP contribution < -0.4 is 0 Å². The minimum absolute atomic E-state index is 0.0496. The van der Waals surface area contributed by atoms with Crippen molar-refractivity contribution < 1.29 is 8.83 Å². The number of furan rings is 2. The monoisotopic (exact) mass is 789 g/mol. The Hall–Kier alpha value is -6.07. The van der Waals surface area contributed by atoms with Gasteiger partial charge in [0.2, 0.25) is 0 Å². The van der Waals surface area contributed by atoms with Crippen LogP contribution in [0.15, 0.2) is 124 Å². The summed E-state index contributed by atoms with van der Waals surface area (Å²) < 4.78 is 13.6. The van der Waals surface area contributed by atoms with Crippen molar-refractivity contribution in [3.8, 4) is 45.3 Å². The molecule has 5 nitrogen and oxygen atoms in total. The molecule has 60 heavy (non-hydrogen) atoms. The van der Waals surface area contributed by atoms with Crippen molar-refractivity contribution in [3.05, 3.63) is 138 Å². The Morgan fingerprint density at radius 3 is 1.57 bits per heavy atom. The van der Waals surface area contributed by atoms with Gasteiger partial charge in [0.05, 0.1) is 5.56 Å². The Labute approximate surface area is 353 Å². The van der Waals surface area contributed by atoms with E-state index in [1.807, 2.05) is 60.7 Å². The van der Waals surface area contributed by atoms with E-state index in [2.05, 4.69) is 138 Å². The maximum atomic E-state index is 7.18. The molecule has 0 spiro atoms. The Kier molecular flexibility index (Phi) is 9.02. The standard InChI is InChI=1S/C55H55N3O2/c1-52(2,3)35-29-39-45-44(40(53(4,5)6)31-42(55(10,11)12)48(45)60-47(39)41(30-35)54(7,8)9)32-25-27-34(28-26-32)50-56-49(33-19-14-13-15-20-33)57-51(58-50)38-23-18-22-37-36-21-16-17-24-43(36)59-46(37)38/h13-31H,1-12H3. The lowest BCUT2D eigenvalue weighted by Crippen LogP contribution is -2.18. The fourth-order valence-electron chi connectivity index (χ4n) is 8.54. The van der Waals surface area contributed by atoms with Crippen molar-refractivity contribution in [2.75, 3.05) is 0 Å². The maximum Gasteiger partial charge on any atom is 0.167 e. The van der Waals surface area contributed by atoms with Crippen LogP contribution in [0.25, 0.3) is 89.2 Å². The number of nitrogens with zero attached hydrogens (tertiary/aromatic N) is 3. The number of rotatable bonds is 4. The number of fused-ring (bicyclic) bond motifs is 6. The third kappa shape index (κ3) is 6.78. The summed E-state index contributed by atoms with van der Waals surface area (Å²) >= 11 is 0. The predicted octanol–water partition coefficient (Wildman–Crippen LogP) is 15.5.